The van der Waals surface area contributed by atoms with E-state index >= 15 is 0 Å². The van der Waals surface area contributed by atoms with E-state index in [0.29, 0.717) is 0 Å². The van der Waals surface area contributed by atoms with E-state index in [0.717, 1.165) is 17.8 Å². The molecule has 1 aromatic rings. The average molecular weight is 222 g/mol. The van der Waals surface area contributed by atoms with Crippen LogP contribution in [0, 0.1) is 0 Å². The number of aromatic nitrogens is 1. The number of aliphatic hydroxyl groups is 1. The molecule has 0 fully saturated rings. The minimum absolute atomic E-state index is 0.0397. The maximum Gasteiger partial charge on any atom is 0.134 e. The normalized spacial score (nSPS) is 13.6. The molecule has 0 aromatic carbocycles. The maximum atomic E-state index is 9.73. The van der Waals surface area contributed by atoms with E-state index in [1.165, 1.54) is 0 Å². The van der Waals surface area contributed by atoms with E-state index in [2.05, 4.69) is 30.7 Å². The fourth-order valence-electron chi connectivity index (χ4n) is 1.54. The Kier molecular flexibility index (Phi) is 3.92. The largest absolute Gasteiger partial charge is 0.389 e. The molecule has 16 heavy (non-hydrogen) atoms. The number of nitrogens with zero attached hydrogens (tertiary/aromatic N) is 2. The van der Waals surface area contributed by atoms with Crippen molar-refractivity contribution in [3.8, 4) is 0 Å². The van der Waals surface area contributed by atoms with Gasteiger partial charge >= 0.3 is 0 Å². The molecular weight excluding hydrogens is 200 g/mol. The van der Waals surface area contributed by atoms with Crippen molar-refractivity contribution in [2.24, 2.45) is 0 Å². The first kappa shape index (κ1) is 13.0. The van der Waals surface area contributed by atoms with Crippen molar-refractivity contribution in [2.75, 3.05) is 11.9 Å². The topological polar surface area (TPSA) is 36.4 Å². The molecule has 1 atom stereocenters. The summed E-state index contributed by atoms with van der Waals surface area (Å²) in [5, 5.41) is 9.73. The van der Waals surface area contributed by atoms with Gasteiger partial charge in [0.15, 0.2) is 0 Å². The summed E-state index contributed by atoms with van der Waals surface area (Å²) in [5.74, 6) is 0.865. The molecule has 3 nitrogen and oxygen atoms in total. The highest BCUT2D eigenvalue weighted by Crippen LogP contribution is 2.29. The van der Waals surface area contributed by atoms with E-state index in [1.807, 2.05) is 19.2 Å². The van der Waals surface area contributed by atoms with Crippen LogP contribution in [0.2, 0.25) is 0 Å². The van der Waals surface area contributed by atoms with Crippen LogP contribution in [-0.2, 0) is 0 Å². The minimum atomic E-state index is -0.487. The van der Waals surface area contributed by atoms with Crippen LogP contribution in [-0.4, -0.2) is 22.7 Å². The Bertz CT molecular complexity index is 348. The highest BCUT2D eigenvalue weighted by Gasteiger charge is 2.25. The van der Waals surface area contributed by atoms with Gasteiger partial charge in [0.25, 0.3) is 0 Å². The smallest absolute Gasteiger partial charge is 0.134 e. The predicted molar refractivity (Wildman–Crippen MR) is 67.6 cm³/mol. The van der Waals surface area contributed by atoms with E-state index in [4.69, 9.17) is 0 Å². The fraction of sp³-hybridized carbons (Fsp3) is 0.615. The van der Waals surface area contributed by atoms with E-state index in [-0.39, 0.29) is 5.54 Å². The van der Waals surface area contributed by atoms with E-state index in [1.54, 1.807) is 13.1 Å². The van der Waals surface area contributed by atoms with Crippen molar-refractivity contribution in [1.29, 1.82) is 0 Å². The number of hydrogen-bond donors (Lipinski definition) is 1. The van der Waals surface area contributed by atoms with Gasteiger partial charge in [0.2, 0.25) is 0 Å². The molecule has 1 rings (SSSR count). The van der Waals surface area contributed by atoms with E-state index in [9.17, 15) is 5.11 Å². The number of anilines is 1. The Hall–Kier alpha value is -1.09. The Morgan fingerprint density at radius 3 is 2.62 bits per heavy atom. The van der Waals surface area contributed by atoms with Crippen LogP contribution in [0.3, 0.4) is 0 Å². The van der Waals surface area contributed by atoms with Gasteiger partial charge in [-0.3, -0.25) is 0 Å². The van der Waals surface area contributed by atoms with Gasteiger partial charge < -0.3 is 10.0 Å². The van der Waals surface area contributed by atoms with Gasteiger partial charge in [0.05, 0.1) is 6.10 Å². The molecule has 0 radical (unpaired) electrons. The zero-order chi connectivity index (χ0) is 12.3. The summed E-state index contributed by atoms with van der Waals surface area (Å²) in [4.78, 5) is 6.51. The lowest BCUT2D eigenvalue weighted by atomic mass is 9.99. The number of aliphatic hydroxyl groups excluding tert-OH is 1. The molecule has 0 unspecified atom stereocenters. The standard InChI is InChI=1S/C13H22N2O/c1-6-13(3,4)15(5)12-11(10(2)16)8-7-9-14-12/h7-10,16H,6H2,1-5H3/t10-/m0/s1. The third-order valence-electron chi connectivity index (χ3n) is 3.36. The van der Waals surface area contributed by atoms with Crippen LogP contribution in [0.5, 0.6) is 0 Å². The molecule has 1 heterocycles. The molecule has 1 aromatic heterocycles. The molecule has 0 spiro atoms. The lowest BCUT2D eigenvalue weighted by molar-refractivity contribution is 0.199. The molecule has 0 aliphatic rings. The van der Waals surface area contributed by atoms with Crippen LogP contribution < -0.4 is 4.90 Å². The zero-order valence-electron chi connectivity index (χ0n) is 10.9. The van der Waals surface area contributed by atoms with Crippen molar-refractivity contribution < 1.29 is 5.11 Å². The number of pyridine rings is 1. The highest BCUT2D eigenvalue weighted by atomic mass is 16.3. The predicted octanol–water partition coefficient (Wildman–Crippen LogP) is 2.76. The average Bonchev–Trinajstić information content (AvgIpc) is 2.28. The Morgan fingerprint density at radius 2 is 2.12 bits per heavy atom. The lowest BCUT2D eigenvalue weighted by Gasteiger charge is -2.37. The lowest BCUT2D eigenvalue weighted by Crippen LogP contribution is -2.41. The minimum Gasteiger partial charge on any atom is -0.389 e. The summed E-state index contributed by atoms with van der Waals surface area (Å²) < 4.78 is 0. The summed E-state index contributed by atoms with van der Waals surface area (Å²) in [6, 6.07) is 3.79. The molecular formula is C13H22N2O. The molecule has 0 aliphatic carbocycles. The zero-order valence-corrected chi connectivity index (χ0v) is 10.9. The van der Waals surface area contributed by atoms with Crippen molar-refractivity contribution in [3.63, 3.8) is 0 Å². The van der Waals surface area contributed by atoms with Crippen LogP contribution >= 0.6 is 0 Å². The monoisotopic (exact) mass is 222 g/mol. The molecule has 0 amide bonds. The molecule has 90 valence electrons. The molecule has 0 aliphatic heterocycles. The summed E-state index contributed by atoms with van der Waals surface area (Å²) in [7, 11) is 2.03. The first-order valence-corrected chi connectivity index (χ1v) is 5.77. The van der Waals surface area contributed by atoms with Crippen LogP contribution in [0.25, 0.3) is 0 Å². The second kappa shape index (κ2) is 4.83. The maximum absolute atomic E-state index is 9.73. The Morgan fingerprint density at radius 1 is 1.50 bits per heavy atom. The first-order valence-electron chi connectivity index (χ1n) is 5.77. The molecule has 3 heteroatoms. The van der Waals surface area contributed by atoms with Gasteiger partial charge in [0, 0.05) is 24.3 Å². The quantitative estimate of drug-likeness (QED) is 0.851. The van der Waals surface area contributed by atoms with Crippen LogP contribution in [0.15, 0.2) is 18.3 Å². The summed E-state index contributed by atoms with van der Waals surface area (Å²) >= 11 is 0. The second-order valence-electron chi connectivity index (χ2n) is 4.82. The van der Waals surface area contributed by atoms with Gasteiger partial charge in [-0.2, -0.15) is 0 Å². The summed E-state index contributed by atoms with van der Waals surface area (Å²) in [6.45, 7) is 8.27. The van der Waals surface area contributed by atoms with Crippen LogP contribution in [0.1, 0.15) is 45.8 Å². The van der Waals surface area contributed by atoms with Gasteiger partial charge in [0.1, 0.15) is 5.82 Å². The summed E-state index contributed by atoms with van der Waals surface area (Å²) in [5.41, 5.74) is 0.921. The van der Waals surface area contributed by atoms with Crippen molar-refractivity contribution in [1.82, 2.24) is 4.98 Å². The third-order valence-corrected chi connectivity index (χ3v) is 3.36. The number of hydrogen-bond acceptors (Lipinski definition) is 3. The Labute approximate surface area is 98.1 Å². The van der Waals surface area contributed by atoms with Gasteiger partial charge in [-0.15, -0.1) is 0 Å². The van der Waals surface area contributed by atoms with E-state index < -0.39 is 6.10 Å². The molecule has 0 saturated carbocycles. The van der Waals surface area contributed by atoms with Gasteiger partial charge in [-0.1, -0.05) is 13.0 Å². The highest BCUT2D eigenvalue weighted by molar-refractivity contribution is 5.49. The first-order chi connectivity index (χ1) is 7.40. The van der Waals surface area contributed by atoms with Crippen molar-refractivity contribution >= 4 is 5.82 Å². The SMILES string of the molecule is CCC(C)(C)N(C)c1ncccc1[C@H](C)O. The Balaban J connectivity index is 3.13. The van der Waals surface area contributed by atoms with Crippen molar-refractivity contribution in [3.05, 3.63) is 23.9 Å². The van der Waals surface area contributed by atoms with Crippen LogP contribution in [0.4, 0.5) is 5.82 Å². The molecule has 0 bridgehead atoms. The van der Waals surface area contributed by atoms with Crippen molar-refractivity contribution in [2.45, 2.75) is 45.8 Å². The molecule has 1 N–H and O–H groups in total. The molecule has 0 saturated heterocycles. The van der Waals surface area contributed by atoms with Gasteiger partial charge in [-0.25, -0.2) is 4.98 Å². The third kappa shape index (κ3) is 2.53. The summed E-state index contributed by atoms with van der Waals surface area (Å²) in [6.07, 6.45) is 2.31. The second-order valence-corrected chi connectivity index (χ2v) is 4.82. The fourth-order valence-corrected chi connectivity index (χ4v) is 1.54. The number of rotatable bonds is 4. The van der Waals surface area contributed by atoms with Gasteiger partial charge in [-0.05, 0) is 33.3 Å².